The Bertz CT molecular complexity index is 423. The maximum absolute atomic E-state index is 10.6. The van der Waals surface area contributed by atoms with Gasteiger partial charge in [-0.05, 0) is 0 Å². The van der Waals surface area contributed by atoms with Gasteiger partial charge in [-0.25, -0.2) is 0 Å². The average Bonchev–Trinajstić information content (AvgIpc) is 2.26. The second-order valence-electron chi connectivity index (χ2n) is 3.27. The summed E-state index contributed by atoms with van der Waals surface area (Å²) in [6.45, 7) is -1.15. The number of hydrogen-bond acceptors (Lipinski definition) is 9. The van der Waals surface area contributed by atoms with E-state index in [1.807, 2.05) is 0 Å². The summed E-state index contributed by atoms with van der Waals surface area (Å²) in [4.78, 5) is 0. The summed E-state index contributed by atoms with van der Waals surface area (Å²) in [6.07, 6.45) is -4.13. The van der Waals surface area contributed by atoms with Gasteiger partial charge in [0, 0.05) is 7.11 Å². The van der Waals surface area contributed by atoms with E-state index >= 15 is 0 Å². The Balaban J connectivity index is 5.05. The molecule has 0 bridgehead atoms. The van der Waals surface area contributed by atoms with Crippen LogP contribution in [0.4, 0.5) is 0 Å². The fourth-order valence-corrected chi connectivity index (χ4v) is 1.93. The lowest BCUT2D eigenvalue weighted by atomic mass is 10.4. The fraction of sp³-hybridized carbons (Fsp3) is 1.00. The minimum absolute atomic E-state index is 0.841. The lowest BCUT2D eigenvalue weighted by Crippen LogP contribution is -2.46. The molecule has 0 saturated carbocycles. The van der Waals surface area contributed by atoms with Crippen LogP contribution in [0.2, 0.25) is 0 Å². The van der Waals surface area contributed by atoms with Crippen molar-refractivity contribution in [3.63, 3.8) is 0 Å². The van der Waals surface area contributed by atoms with E-state index in [0.29, 0.717) is 0 Å². The van der Waals surface area contributed by atoms with Crippen LogP contribution in [0.3, 0.4) is 0 Å². The lowest BCUT2D eigenvalue weighted by molar-refractivity contribution is -0.204. The van der Waals surface area contributed by atoms with Crippen LogP contribution in [0.25, 0.3) is 0 Å². The molecule has 0 fully saturated rings. The summed E-state index contributed by atoms with van der Waals surface area (Å²) < 4.78 is 68.3. The predicted octanol–water partition coefficient (Wildman–Crippen LogP) is -3.25. The number of ether oxygens (including phenoxy) is 2. The standard InChI is InChI=1S/C6H14O11S2/c1-16-6(5(9)19(13,14)15)17-3(2-7)4(8)18(10,11)12/h3-9H,2H2,1H3,(H,10,11,12)(H,13,14,15)/t3-,4-,5-,6-/m0/s1. The second kappa shape index (κ2) is 6.87. The molecule has 5 N–H and O–H groups in total. The van der Waals surface area contributed by atoms with Crippen LogP contribution in [0, 0.1) is 0 Å². The second-order valence-corrected chi connectivity index (χ2v) is 6.30. The average molecular weight is 326 g/mol. The Morgan fingerprint density at radius 1 is 1.00 bits per heavy atom. The van der Waals surface area contributed by atoms with Gasteiger partial charge < -0.3 is 24.8 Å². The molecule has 0 heterocycles. The van der Waals surface area contributed by atoms with Crippen molar-refractivity contribution in [3.8, 4) is 0 Å². The van der Waals surface area contributed by atoms with Gasteiger partial charge in [0.15, 0.2) is 0 Å². The zero-order chi connectivity index (χ0) is 15.4. The van der Waals surface area contributed by atoms with Crippen LogP contribution in [0.5, 0.6) is 0 Å². The summed E-state index contributed by atoms with van der Waals surface area (Å²) in [5, 5.41) is 27.0. The molecule has 0 aliphatic rings. The van der Waals surface area contributed by atoms with Crippen molar-refractivity contribution in [3.05, 3.63) is 0 Å². The van der Waals surface area contributed by atoms with E-state index in [4.69, 9.17) is 24.4 Å². The molecule has 19 heavy (non-hydrogen) atoms. The van der Waals surface area contributed by atoms with Crippen molar-refractivity contribution >= 4 is 20.2 Å². The number of aliphatic hydroxyl groups is 3. The molecule has 0 aromatic rings. The Labute approximate surface area is 108 Å². The minimum Gasteiger partial charge on any atom is -0.394 e. The molecule has 0 unspecified atom stereocenters. The van der Waals surface area contributed by atoms with Gasteiger partial charge in [-0.1, -0.05) is 0 Å². The first-order valence-corrected chi connectivity index (χ1v) is 7.53. The molecule has 0 rings (SSSR count). The number of hydrogen-bond donors (Lipinski definition) is 5. The van der Waals surface area contributed by atoms with Gasteiger partial charge in [0.2, 0.25) is 17.2 Å². The van der Waals surface area contributed by atoms with Crippen LogP contribution < -0.4 is 0 Å². The van der Waals surface area contributed by atoms with E-state index in [-0.39, 0.29) is 0 Å². The molecule has 13 heteroatoms. The fourth-order valence-electron chi connectivity index (χ4n) is 0.944. The molecule has 0 amide bonds. The Morgan fingerprint density at radius 2 is 1.42 bits per heavy atom. The molecule has 0 aromatic carbocycles. The first-order valence-electron chi connectivity index (χ1n) is 4.53. The third-order valence-corrected chi connectivity index (χ3v) is 3.63. The highest BCUT2D eigenvalue weighted by Gasteiger charge is 2.38. The van der Waals surface area contributed by atoms with Crippen LogP contribution in [0.1, 0.15) is 0 Å². The van der Waals surface area contributed by atoms with Gasteiger partial charge in [0.05, 0.1) is 6.61 Å². The van der Waals surface area contributed by atoms with E-state index in [0.717, 1.165) is 7.11 Å². The van der Waals surface area contributed by atoms with Crippen molar-refractivity contribution in [2.75, 3.05) is 13.7 Å². The molecular formula is C6H14O11S2. The van der Waals surface area contributed by atoms with Crippen molar-refractivity contribution < 1.29 is 50.7 Å². The zero-order valence-electron chi connectivity index (χ0n) is 9.52. The Hall–Kier alpha value is -0.380. The lowest BCUT2D eigenvalue weighted by Gasteiger charge is -2.26. The summed E-state index contributed by atoms with van der Waals surface area (Å²) in [7, 11) is -9.17. The summed E-state index contributed by atoms with van der Waals surface area (Å²) in [6, 6.07) is 0. The van der Waals surface area contributed by atoms with Crippen molar-refractivity contribution in [1.29, 1.82) is 0 Å². The zero-order valence-corrected chi connectivity index (χ0v) is 11.2. The molecule has 0 aliphatic heterocycles. The van der Waals surface area contributed by atoms with Crippen LogP contribution >= 0.6 is 0 Å². The predicted molar refractivity (Wildman–Crippen MR) is 57.9 cm³/mol. The SMILES string of the molecule is CO[C@@H](O[C@@H](CO)[C@@H](O)S(=O)(=O)O)[C@@H](O)S(=O)(=O)O. The van der Waals surface area contributed by atoms with Crippen LogP contribution in [-0.4, -0.2) is 78.2 Å². The van der Waals surface area contributed by atoms with E-state index in [2.05, 4.69) is 9.47 Å². The molecule has 0 spiro atoms. The van der Waals surface area contributed by atoms with E-state index in [1.54, 1.807) is 0 Å². The third-order valence-electron chi connectivity index (χ3n) is 1.88. The minimum atomic E-state index is -5.01. The maximum atomic E-state index is 10.6. The largest absolute Gasteiger partial charge is 0.394 e. The molecule has 0 aliphatic carbocycles. The first kappa shape index (κ1) is 18.6. The first-order chi connectivity index (χ1) is 8.45. The van der Waals surface area contributed by atoms with Gasteiger partial charge >= 0.3 is 0 Å². The highest BCUT2D eigenvalue weighted by molar-refractivity contribution is 7.86. The third kappa shape index (κ3) is 5.64. The highest BCUT2D eigenvalue weighted by atomic mass is 32.2. The quantitative estimate of drug-likeness (QED) is 0.222. The van der Waals surface area contributed by atoms with Crippen LogP contribution in [0.15, 0.2) is 0 Å². The Kier molecular flexibility index (Phi) is 6.73. The van der Waals surface area contributed by atoms with Gasteiger partial charge in [0.1, 0.15) is 6.10 Å². The summed E-state index contributed by atoms with van der Waals surface area (Å²) in [5.74, 6) is 0. The topological polar surface area (TPSA) is 188 Å². The number of aliphatic hydroxyl groups excluding tert-OH is 3. The van der Waals surface area contributed by atoms with Gasteiger partial charge in [-0.3, -0.25) is 9.11 Å². The van der Waals surface area contributed by atoms with Crippen molar-refractivity contribution in [1.82, 2.24) is 0 Å². The van der Waals surface area contributed by atoms with E-state index in [1.165, 1.54) is 0 Å². The normalized spacial score (nSPS) is 19.7. The monoisotopic (exact) mass is 326 g/mol. The van der Waals surface area contributed by atoms with Crippen LogP contribution in [-0.2, 0) is 29.7 Å². The van der Waals surface area contributed by atoms with Gasteiger partial charge in [0.25, 0.3) is 20.2 Å². The molecule has 4 atom stereocenters. The van der Waals surface area contributed by atoms with Gasteiger partial charge in [-0.2, -0.15) is 16.8 Å². The number of methoxy groups -OCH3 is 1. The molecular weight excluding hydrogens is 312 g/mol. The summed E-state index contributed by atoms with van der Waals surface area (Å²) in [5.41, 5.74) is -5.22. The van der Waals surface area contributed by atoms with E-state index in [9.17, 15) is 16.8 Å². The smallest absolute Gasteiger partial charge is 0.297 e. The molecule has 116 valence electrons. The highest BCUT2D eigenvalue weighted by Crippen LogP contribution is 2.13. The molecule has 11 nitrogen and oxygen atoms in total. The van der Waals surface area contributed by atoms with Gasteiger partial charge in [-0.15, -0.1) is 0 Å². The Morgan fingerprint density at radius 3 is 1.68 bits per heavy atom. The summed E-state index contributed by atoms with van der Waals surface area (Å²) >= 11 is 0. The molecule has 0 saturated heterocycles. The molecule has 0 radical (unpaired) electrons. The van der Waals surface area contributed by atoms with E-state index < -0.39 is 50.1 Å². The maximum Gasteiger partial charge on any atom is 0.297 e. The number of rotatable bonds is 8. The van der Waals surface area contributed by atoms with Crippen molar-refractivity contribution in [2.45, 2.75) is 23.3 Å². The van der Waals surface area contributed by atoms with Crippen molar-refractivity contribution in [2.24, 2.45) is 0 Å². The molecule has 0 aromatic heterocycles.